The maximum atomic E-state index is 14.6. The number of likely N-dealkylation sites (tertiary alicyclic amines) is 1. The van der Waals surface area contributed by atoms with E-state index in [1.807, 2.05) is 39.8 Å². The molecule has 1 aromatic rings. The van der Waals surface area contributed by atoms with Crippen molar-refractivity contribution >= 4 is 46.7 Å². The van der Waals surface area contributed by atoms with Crippen LogP contribution in [0, 0.1) is 11.3 Å². The van der Waals surface area contributed by atoms with Gasteiger partial charge in [-0.2, -0.15) is 0 Å². The number of likely N-dealkylation sites (N-methyl/N-ethyl adjacent to an activating group) is 1. The van der Waals surface area contributed by atoms with Gasteiger partial charge in [0.2, 0.25) is 23.5 Å². The summed E-state index contributed by atoms with van der Waals surface area (Å²) >= 11 is 6.25. The van der Waals surface area contributed by atoms with Crippen LogP contribution in [0.2, 0.25) is 5.02 Å². The molecule has 1 aromatic carbocycles. The van der Waals surface area contributed by atoms with Crippen molar-refractivity contribution in [2.45, 2.75) is 129 Å². The second kappa shape index (κ2) is 16.5. The number of Topliss-reactive ketones (excluding diaryl/α,β-unsaturated/α-hetero) is 1. The number of nitrogens with one attached hydrogen (secondary N) is 2. The van der Waals surface area contributed by atoms with Crippen molar-refractivity contribution in [3.8, 4) is 0 Å². The van der Waals surface area contributed by atoms with Crippen molar-refractivity contribution in [1.29, 1.82) is 0 Å². The number of carbonyl (C=O) groups is 5. The fourth-order valence-electron chi connectivity index (χ4n) is 7.28. The van der Waals surface area contributed by atoms with Crippen LogP contribution in [-0.4, -0.2) is 88.3 Å². The third kappa shape index (κ3) is 9.41. The van der Waals surface area contributed by atoms with Crippen molar-refractivity contribution in [2.24, 2.45) is 16.5 Å². The predicted molar refractivity (Wildman–Crippen MR) is 189 cm³/mol. The third-order valence-corrected chi connectivity index (χ3v) is 10.3. The first kappa shape index (κ1) is 38.3. The van der Waals surface area contributed by atoms with Crippen molar-refractivity contribution in [1.82, 2.24) is 20.4 Å². The molecule has 2 N–H and O–H groups in total. The smallest absolute Gasteiger partial charge is 0.292 e. The second-order valence-corrected chi connectivity index (χ2v) is 15.4. The minimum Gasteiger partial charge on any atom is -0.387 e. The summed E-state index contributed by atoms with van der Waals surface area (Å²) in [5, 5.41) is 10.8. The fraction of sp³-hybridized carbons (Fsp3) is 0.676. The van der Waals surface area contributed by atoms with E-state index in [-0.39, 0.29) is 25.3 Å². The summed E-state index contributed by atoms with van der Waals surface area (Å²) < 4.78 is 0. The number of ketones is 1. The lowest BCUT2D eigenvalue weighted by Gasteiger charge is -2.36. The van der Waals surface area contributed by atoms with E-state index in [9.17, 15) is 24.0 Å². The van der Waals surface area contributed by atoms with Crippen molar-refractivity contribution < 1.29 is 28.8 Å². The highest BCUT2D eigenvalue weighted by Crippen LogP contribution is 2.40. The number of rotatable bonds is 13. The molecule has 11 nitrogen and oxygen atoms in total. The topological polar surface area (TPSA) is 137 Å². The molecule has 1 aliphatic carbocycles. The summed E-state index contributed by atoms with van der Waals surface area (Å²) in [5.41, 5.74) is -0.258. The van der Waals surface area contributed by atoms with Gasteiger partial charge in [0, 0.05) is 42.9 Å². The fourth-order valence-corrected chi connectivity index (χ4v) is 7.47. The van der Waals surface area contributed by atoms with E-state index in [1.54, 1.807) is 26.0 Å². The maximum absolute atomic E-state index is 14.6. The van der Waals surface area contributed by atoms with E-state index in [0.717, 1.165) is 31.2 Å². The quantitative estimate of drug-likeness (QED) is 0.277. The normalized spacial score (nSPS) is 22.2. The average molecular weight is 700 g/mol. The second-order valence-electron chi connectivity index (χ2n) is 15.0. The highest BCUT2D eigenvalue weighted by Gasteiger charge is 2.55. The van der Waals surface area contributed by atoms with Gasteiger partial charge in [0.15, 0.2) is 5.60 Å². The SMILES string of the molecule is CCC[C@H](NC(=O)[C@@H]1C[C@]2(CC(c3cccc(Cl)c3)=NO2)CN1C(=O)[C@@H](NC(=O)CC1CCCCC1)C(C)(C)C)C(=O)C(=O)N(CC)CC. The van der Waals surface area contributed by atoms with Crippen LogP contribution in [0.1, 0.15) is 111 Å². The molecular weight excluding hydrogens is 646 g/mol. The zero-order valence-corrected chi connectivity index (χ0v) is 30.7. The van der Waals surface area contributed by atoms with E-state index in [4.69, 9.17) is 16.4 Å². The molecule has 1 saturated carbocycles. The molecule has 1 saturated heterocycles. The number of benzene rings is 1. The molecule has 12 heteroatoms. The van der Waals surface area contributed by atoms with Gasteiger partial charge in [-0.25, -0.2) is 0 Å². The van der Waals surface area contributed by atoms with Gasteiger partial charge in [-0.15, -0.1) is 0 Å². The monoisotopic (exact) mass is 699 g/mol. The molecule has 4 atom stereocenters. The van der Waals surface area contributed by atoms with E-state index in [0.29, 0.717) is 49.0 Å². The van der Waals surface area contributed by atoms with Crippen LogP contribution >= 0.6 is 11.6 Å². The Morgan fingerprint density at radius 3 is 2.37 bits per heavy atom. The molecule has 0 unspecified atom stereocenters. The lowest BCUT2D eigenvalue weighted by Crippen LogP contribution is -2.59. The van der Waals surface area contributed by atoms with Crippen LogP contribution in [0.4, 0.5) is 0 Å². The van der Waals surface area contributed by atoms with E-state index in [1.165, 1.54) is 16.2 Å². The number of halogens is 1. The molecule has 2 fully saturated rings. The molecular formula is C37H54ClN5O6. The third-order valence-electron chi connectivity index (χ3n) is 10.1. The van der Waals surface area contributed by atoms with Gasteiger partial charge >= 0.3 is 0 Å². The van der Waals surface area contributed by atoms with Crippen molar-refractivity contribution in [3.05, 3.63) is 34.9 Å². The average Bonchev–Trinajstić information content (AvgIpc) is 3.66. The molecule has 4 rings (SSSR count). The molecule has 4 amide bonds. The van der Waals surface area contributed by atoms with Gasteiger partial charge in [0.05, 0.1) is 18.3 Å². The largest absolute Gasteiger partial charge is 0.387 e. The number of amides is 4. The molecule has 0 bridgehead atoms. The van der Waals surface area contributed by atoms with Crippen LogP contribution < -0.4 is 10.6 Å². The Morgan fingerprint density at radius 2 is 1.76 bits per heavy atom. The van der Waals surface area contributed by atoms with Gasteiger partial charge in [0.1, 0.15) is 12.1 Å². The highest BCUT2D eigenvalue weighted by molar-refractivity contribution is 6.38. The molecule has 2 heterocycles. The van der Waals surface area contributed by atoms with Crippen molar-refractivity contribution in [2.75, 3.05) is 19.6 Å². The van der Waals surface area contributed by atoms with Gasteiger partial charge in [-0.1, -0.05) is 82.3 Å². The maximum Gasteiger partial charge on any atom is 0.292 e. The van der Waals surface area contributed by atoms with Crippen LogP contribution in [0.5, 0.6) is 0 Å². The minimum absolute atomic E-state index is 0.0489. The lowest BCUT2D eigenvalue weighted by molar-refractivity contribution is -0.147. The van der Waals surface area contributed by atoms with Crippen LogP contribution in [0.25, 0.3) is 0 Å². The lowest BCUT2D eigenvalue weighted by atomic mass is 9.84. The zero-order valence-electron chi connectivity index (χ0n) is 30.0. The number of hydrogen-bond donors (Lipinski definition) is 2. The van der Waals surface area contributed by atoms with E-state index < -0.39 is 52.6 Å². The Labute approximate surface area is 295 Å². The summed E-state index contributed by atoms with van der Waals surface area (Å²) in [5.74, 6) is -2.17. The van der Waals surface area contributed by atoms with Crippen LogP contribution in [0.3, 0.4) is 0 Å². The molecule has 3 aliphatic rings. The summed E-state index contributed by atoms with van der Waals surface area (Å²) in [6.07, 6.45) is 7.01. The van der Waals surface area contributed by atoms with Gasteiger partial charge in [-0.05, 0) is 56.6 Å². The molecule has 0 radical (unpaired) electrons. The summed E-state index contributed by atoms with van der Waals surface area (Å²) in [6, 6.07) is 4.26. The Balaban J connectivity index is 1.61. The zero-order chi connectivity index (χ0) is 35.9. The first-order chi connectivity index (χ1) is 23.2. The number of carbonyl (C=O) groups excluding carboxylic acids is 5. The summed E-state index contributed by atoms with van der Waals surface area (Å²) in [6.45, 7) is 11.9. The molecule has 1 spiro atoms. The number of oxime groups is 1. The minimum atomic E-state index is -1.05. The molecule has 2 aliphatic heterocycles. The molecule has 0 aromatic heterocycles. The standard InChI is InChI=1S/C37H54ClN5O6/c1-7-14-27(31(45)34(47)42(8-2)9-3)39-33(46)29-22-37(21-28(41-49-37)25-17-13-18-26(38)20-25)23-43(29)35(48)32(36(4,5)6)40-30(44)19-24-15-11-10-12-16-24/h13,17-18,20,24,27,29,32H,7-12,14-16,19,21-23H2,1-6H3,(H,39,46)(H,40,44)/t27-,29-,32+,37+/m0/s1. The Hall–Kier alpha value is -3.47. The van der Waals surface area contributed by atoms with Gasteiger partial charge < -0.3 is 25.3 Å². The number of nitrogens with zero attached hydrogens (tertiary/aromatic N) is 3. The van der Waals surface area contributed by atoms with Gasteiger partial charge in [-0.3, -0.25) is 24.0 Å². The molecule has 49 heavy (non-hydrogen) atoms. The van der Waals surface area contributed by atoms with Gasteiger partial charge in [0.25, 0.3) is 5.91 Å². The summed E-state index contributed by atoms with van der Waals surface area (Å²) in [7, 11) is 0. The van der Waals surface area contributed by atoms with E-state index in [2.05, 4.69) is 15.8 Å². The first-order valence-electron chi connectivity index (χ1n) is 18.0. The predicted octanol–water partition coefficient (Wildman–Crippen LogP) is 5.03. The van der Waals surface area contributed by atoms with Crippen molar-refractivity contribution in [3.63, 3.8) is 0 Å². The Kier molecular flexibility index (Phi) is 12.9. The summed E-state index contributed by atoms with van der Waals surface area (Å²) in [4.78, 5) is 77.5. The molecule has 270 valence electrons. The first-order valence-corrected chi connectivity index (χ1v) is 18.3. The van der Waals surface area contributed by atoms with Crippen LogP contribution in [0.15, 0.2) is 29.4 Å². The van der Waals surface area contributed by atoms with E-state index >= 15 is 0 Å². The Bertz CT molecular complexity index is 1420. The Morgan fingerprint density at radius 1 is 1.06 bits per heavy atom. The highest BCUT2D eigenvalue weighted by atomic mass is 35.5. The van der Waals surface area contributed by atoms with Crippen LogP contribution in [-0.2, 0) is 28.8 Å². The number of hydrogen-bond acceptors (Lipinski definition) is 7.